The molecule has 0 aromatic heterocycles. The van der Waals surface area contributed by atoms with Gasteiger partial charge in [0.15, 0.2) is 0 Å². The summed E-state index contributed by atoms with van der Waals surface area (Å²) < 4.78 is 4.73. The molecule has 28 heavy (non-hydrogen) atoms. The second kappa shape index (κ2) is 9.93. The fraction of sp³-hybridized carbons (Fsp3) is 0.391. The highest BCUT2D eigenvalue weighted by molar-refractivity contribution is 5.90. The van der Waals surface area contributed by atoms with Crippen molar-refractivity contribution in [1.29, 1.82) is 0 Å². The maximum absolute atomic E-state index is 12.5. The normalized spacial score (nSPS) is 14.5. The first-order valence-electron chi connectivity index (χ1n) is 9.89. The Bertz CT molecular complexity index is 783. The Kier molecular flexibility index (Phi) is 7.06. The van der Waals surface area contributed by atoms with Crippen molar-refractivity contribution in [2.45, 2.75) is 25.7 Å². The smallest absolute Gasteiger partial charge is 0.337 e. The monoisotopic (exact) mass is 380 g/mol. The van der Waals surface area contributed by atoms with E-state index in [0.717, 1.165) is 38.0 Å². The average Bonchev–Trinajstić information content (AvgIpc) is 2.74. The summed E-state index contributed by atoms with van der Waals surface area (Å²) in [6.07, 6.45) is 3.68. The van der Waals surface area contributed by atoms with Crippen LogP contribution in [0.2, 0.25) is 0 Å². The first-order chi connectivity index (χ1) is 13.7. The molecular formula is C23H28N2O3. The Balaban J connectivity index is 1.40. The number of esters is 1. The fourth-order valence-corrected chi connectivity index (χ4v) is 3.68. The van der Waals surface area contributed by atoms with Gasteiger partial charge in [0.25, 0.3) is 0 Å². The van der Waals surface area contributed by atoms with Gasteiger partial charge in [0.2, 0.25) is 5.91 Å². The molecule has 1 fully saturated rings. The van der Waals surface area contributed by atoms with Gasteiger partial charge in [-0.15, -0.1) is 0 Å². The molecule has 1 aliphatic heterocycles. The Morgan fingerprint density at radius 1 is 1.07 bits per heavy atom. The van der Waals surface area contributed by atoms with Crippen molar-refractivity contribution in [3.05, 3.63) is 65.7 Å². The van der Waals surface area contributed by atoms with E-state index in [1.807, 2.05) is 17.0 Å². The number of amides is 1. The molecule has 148 valence electrons. The number of piperidine rings is 1. The number of anilines is 1. The summed E-state index contributed by atoms with van der Waals surface area (Å²) in [6, 6.07) is 17.7. The maximum Gasteiger partial charge on any atom is 0.337 e. The van der Waals surface area contributed by atoms with Gasteiger partial charge < -0.3 is 15.0 Å². The minimum Gasteiger partial charge on any atom is -0.465 e. The van der Waals surface area contributed by atoms with Crippen LogP contribution in [0.4, 0.5) is 5.69 Å². The number of benzene rings is 2. The summed E-state index contributed by atoms with van der Waals surface area (Å²) in [5.74, 6) is 0.485. The lowest BCUT2D eigenvalue weighted by Crippen LogP contribution is -2.39. The predicted molar refractivity (Wildman–Crippen MR) is 110 cm³/mol. The number of hydrogen-bond acceptors (Lipinski definition) is 4. The second-order valence-electron chi connectivity index (χ2n) is 7.26. The van der Waals surface area contributed by atoms with Gasteiger partial charge in [0, 0.05) is 31.7 Å². The van der Waals surface area contributed by atoms with Gasteiger partial charge in [-0.25, -0.2) is 4.79 Å². The van der Waals surface area contributed by atoms with Crippen molar-refractivity contribution in [3.8, 4) is 0 Å². The highest BCUT2D eigenvalue weighted by Crippen LogP contribution is 2.22. The third-order valence-electron chi connectivity index (χ3n) is 5.29. The van der Waals surface area contributed by atoms with Gasteiger partial charge >= 0.3 is 5.97 Å². The zero-order valence-electron chi connectivity index (χ0n) is 16.4. The van der Waals surface area contributed by atoms with Crippen LogP contribution in [0.3, 0.4) is 0 Å². The van der Waals surface area contributed by atoms with Gasteiger partial charge in [0.1, 0.15) is 0 Å². The molecular weight excluding hydrogens is 352 g/mol. The van der Waals surface area contributed by atoms with E-state index in [-0.39, 0.29) is 11.9 Å². The van der Waals surface area contributed by atoms with E-state index >= 15 is 0 Å². The molecule has 0 spiro atoms. The largest absolute Gasteiger partial charge is 0.465 e. The molecule has 0 bridgehead atoms. The van der Waals surface area contributed by atoms with Crippen LogP contribution in [0.5, 0.6) is 0 Å². The van der Waals surface area contributed by atoms with E-state index in [9.17, 15) is 9.59 Å². The molecule has 0 saturated carbocycles. The molecule has 2 aromatic rings. The van der Waals surface area contributed by atoms with E-state index in [2.05, 4.69) is 29.6 Å². The second-order valence-corrected chi connectivity index (χ2v) is 7.26. The molecule has 3 rings (SSSR count). The van der Waals surface area contributed by atoms with E-state index < -0.39 is 0 Å². The molecule has 1 amide bonds. The summed E-state index contributed by atoms with van der Waals surface area (Å²) in [6.45, 7) is 2.23. The van der Waals surface area contributed by atoms with Crippen molar-refractivity contribution in [2.75, 3.05) is 32.1 Å². The van der Waals surface area contributed by atoms with Crippen molar-refractivity contribution in [2.24, 2.45) is 5.92 Å². The molecule has 5 nitrogen and oxygen atoms in total. The van der Waals surface area contributed by atoms with Crippen LogP contribution in [-0.4, -0.2) is 43.5 Å². The lowest BCUT2D eigenvalue weighted by molar-refractivity contribution is -0.132. The molecule has 5 heteroatoms. The van der Waals surface area contributed by atoms with Gasteiger partial charge in [-0.1, -0.05) is 36.4 Å². The van der Waals surface area contributed by atoms with Crippen LogP contribution in [0.25, 0.3) is 0 Å². The number of carbonyl (C=O) groups is 2. The molecule has 0 atom stereocenters. The number of nitrogens with zero attached hydrogens (tertiary/aromatic N) is 1. The SMILES string of the molecule is COC(=O)c1cccc(NCCC(=O)N2CCC(Cc3ccccc3)CC2)c1. The van der Waals surface area contributed by atoms with Crippen LogP contribution < -0.4 is 5.32 Å². The molecule has 2 aromatic carbocycles. The van der Waals surface area contributed by atoms with Crippen molar-refractivity contribution >= 4 is 17.6 Å². The topological polar surface area (TPSA) is 58.6 Å². The summed E-state index contributed by atoms with van der Waals surface area (Å²) in [5.41, 5.74) is 2.70. The molecule has 0 unspecified atom stereocenters. The number of methoxy groups -OCH3 is 1. The van der Waals surface area contributed by atoms with Gasteiger partial charge in [-0.3, -0.25) is 4.79 Å². The highest BCUT2D eigenvalue weighted by Gasteiger charge is 2.22. The molecule has 1 aliphatic rings. The molecule has 0 aliphatic carbocycles. The molecule has 1 N–H and O–H groups in total. The zero-order chi connectivity index (χ0) is 19.8. The van der Waals surface area contributed by atoms with Crippen LogP contribution in [0.15, 0.2) is 54.6 Å². The third-order valence-corrected chi connectivity index (χ3v) is 5.29. The zero-order valence-corrected chi connectivity index (χ0v) is 16.4. The maximum atomic E-state index is 12.5. The Morgan fingerprint density at radius 2 is 1.82 bits per heavy atom. The predicted octanol–water partition coefficient (Wildman–Crippen LogP) is 3.76. The number of carbonyl (C=O) groups excluding carboxylic acids is 2. The number of ether oxygens (including phenoxy) is 1. The van der Waals surface area contributed by atoms with Crippen molar-refractivity contribution in [1.82, 2.24) is 4.90 Å². The van der Waals surface area contributed by atoms with E-state index in [1.54, 1.807) is 18.2 Å². The Morgan fingerprint density at radius 3 is 2.54 bits per heavy atom. The molecule has 1 heterocycles. The van der Waals surface area contributed by atoms with Crippen LogP contribution in [-0.2, 0) is 16.0 Å². The molecule has 0 radical (unpaired) electrons. The Labute approximate surface area is 166 Å². The standard InChI is InChI=1S/C23H28N2O3/c1-28-23(27)20-8-5-9-21(17-20)24-13-10-22(26)25-14-11-19(12-15-25)16-18-6-3-2-4-7-18/h2-9,17,19,24H,10-16H2,1H3. The summed E-state index contributed by atoms with van der Waals surface area (Å²) in [7, 11) is 1.37. The quantitative estimate of drug-likeness (QED) is 0.743. The summed E-state index contributed by atoms with van der Waals surface area (Å²) >= 11 is 0. The average molecular weight is 380 g/mol. The number of rotatable bonds is 7. The van der Waals surface area contributed by atoms with Gasteiger partial charge in [-0.2, -0.15) is 0 Å². The minimum absolute atomic E-state index is 0.190. The lowest BCUT2D eigenvalue weighted by atomic mass is 9.90. The van der Waals surface area contributed by atoms with E-state index in [0.29, 0.717) is 24.4 Å². The summed E-state index contributed by atoms with van der Waals surface area (Å²) in [5, 5.41) is 3.22. The fourth-order valence-electron chi connectivity index (χ4n) is 3.68. The highest BCUT2D eigenvalue weighted by atomic mass is 16.5. The van der Waals surface area contributed by atoms with Crippen LogP contribution in [0, 0.1) is 5.92 Å². The van der Waals surface area contributed by atoms with Gasteiger partial charge in [0.05, 0.1) is 12.7 Å². The molecule has 1 saturated heterocycles. The van der Waals surface area contributed by atoms with Crippen LogP contribution >= 0.6 is 0 Å². The first kappa shape index (κ1) is 19.9. The number of nitrogens with one attached hydrogen (secondary N) is 1. The third kappa shape index (κ3) is 5.59. The van der Waals surface area contributed by atoms with E-state index in [4.69, 9.17) is 4.74 Å². The first-order valence-corrected chi connectivity index (χ1v) is 9.89. The van der Waals surface area contributed by atoms with Crippen molar-refractivity contribution in [3.63, 3.8) is 0 Å². The number of hydrogen-bond donors (Lipinski definition) is 1. The van der Waals surface area contributed by atoms with E-state index in [1.165, 1.54) is 12.7 Å². The lowest BCUT2D eigenvalue weighted by Gasteiger charge is -2.32. The van der Waals surface area contributed by atoms with Gasteiger partial charge in [-0.05, 0) is 48.9 Å². The van der Waals surface area contributed by atoms with Crippen LogP contribution in [0.1, 0.15) is 35.2 Å². The number of likely N-dealkylation sites (tertiary alicyclic amines) is 1. The Hall–Kier alpha value is -2.82. The van der Waals surface area contributed by atoms with Crippen molar-refractivity contribution < 1.29 is 14.3 Å². The minimum atomic E-state index is -0.363. The summed E-state index contributed by atoms with van der Waals surface area (Å²) in [4.78, 5) is 26.1.